The van der Waals surface area contributed by atoms with Crippen LogP contribution in [0.1, 0.15) is 15.9 Å². The Labute approximate surface area is 119 Å². The maximum absolute atomic E-state index is 11.1. The van der Waals surface area contributed by atoms with Crippen molar-refractivity contribution in [2.24, 2.45) is 0 Å². The van der Waals surface area contributed by atoms with Crippen LogP contribution in [-0.2, 0) is 6.42 Å². The van der Waals surface area contributed by atoms with E-state index in [1.165, 1.54) is 10.9 Å². The average Bonchev–Trinajstić information content (AvgIpc) is 2.92. The minimum atomic E-state index is -0.202. The van der Waals surface area contributed by atoms with Crippen LogP contribution in [0.3, 0.4) is 0 Å². The number of phenolic OH excluding ortho intramolecular Hbond substituents is 1. The second-order valence-electron chi connectivity index (χ2n) is 4.48. The maximum Gasteiger partial charge on any atom is 0.202 e. The molecule has 2 aromatic heterocycles. The zero-order chi connectivity index (χ0) is 14.8. The van der Waals surface area contributed by atoms with Crippen molar-refractivity contribution in [2.75, 3.05) is 6.61 Å². The molecule has 0 unspecified atom stereocenters. The molecule has 106 valence electrons. The zero-order valence-corrected chi connectivity index (χ0v) is 11.0. The number of aliphatic hydroxyl groups excluding tert-OH is 1. The number of aromatic nitrogens is 4. The van der Waals surface area contributed by atoms with Crippen LogP contribution in [0.5, 0.6) is 5.75 Å². The third kappa shape index (κ3) is 2.34. The molecule has 0 atom stereocenters. The first-order chi connectivity index (χ1) is 10.2. The van der Waals surface area contributed by atoms with Gasteiger partial charge in [-0.2, -0.15) is 0 Å². The SMILES string of the molecule is O=Cc1cc(CCO)cc(-n2nc3cccnc3n2)c1O. The second kappa shape index (κ2) is 5.29. The highest BCUT2D eigenvalue weighted by Gasteiger charge is 2.14. The van der Waals surface area contributed by atoms with Crippen LogP contribution < -0.4 is 0 Å². The van der Waals surface area contributed by atoms with Gasteiger partial charge in [-0.3, -0.25) is 4.79 Å². The number of aldehydes is 1. The average molecular weight is 284 g/mol. The first-order valence-corrected chi connectivity index (χ1v) is 6.33. The summed E-state index contributed by atoms with van der Waals surface area (Å²) in [6.45, 7) is -0.0570. The molecule has 0 aliphatic carbocycles. The van der Waals surface area contributed by atoms with Crippen molar-refractivity contribution in [3.8, 4) is 11.4 Å². The van der Waals surface area contributed by atoms with E-state index >= 15 is 0 Å². The predicted molar refractivity (Wildman–Crippen MR) is 74.5 cm³/mol. The van der Waals surface area contributed by atoms with Gasteiger partial charge >= 0.3 is 0 Å². The van der Waals surface area contributed by atoms with Crippen LogP contribution in [0.2, 0.25) is 0 Å². The number of phenols is 1. The summed E-state index contributed by atoms with van der Waals surface area (Å²) in [7, 11) is 0. The van der Waals surface area contributed by atoms with E-state index in [0.29, 0.717) is 29.4 Å². The molecule has 0 bridgehead atoms. The van der Waals surface area contributed by atoms with Gasteiger partial charge in [-0.15, -0.1) is 15.0 Å². The summed E-state index contributed by atoms with van der Waals surface area (Å²) in [6.07, 6.45) is 2.52. The molecular formula is C14H12N4O3. The minimum absolute atomic E-state index is 0.0570. The number of carbonyl (C=O) groups excluding carboxylic acids is 1. The van der Waals surface area contributed by atoms with Gasteiger partial charge in [-0.1, -0.05) is 0 Å². The van der Waals surface area contributed by atoms with Crippen LogP contribution in [0.15, 0.2) is 30.5 Å². The smallest absolute Gasteiger partial charge is 0.202 e. The molecule has 1 aromatic carbocycles. The largest absolute Gasteiger partial charge is 0.505 e. The lowest BCUT2D eigenvalue weighted by atomic mass is 10.1. The van der Waals surface area contributed by atoms with Crippen molar-refractivity contribution in [3.63, 3.8) is 0 Å². The molecule has 0 aliphatic rings. The number of benzene rings is 1. The molecule has 0 amide bonds. The van der Waals surface area contributed by atoms with E-state index in [2.05, 4.69) is 15.2 Å². The fourth-order valence-electron chi connectivity index (χ4n) is 2.08. The van der Waals surface area contributed by atoms with Crippen molar-refractivity contribution in [1.29, 1.82) is 0 Å². The Balaban J connectivity index is 2.19. The summed E-state index contributed by atoms with van der Waals surface area (Å²) < 4.78 is 0. The second-order valence-corrected chi connectivity index (χ2v) is 4.48. The topological polar surface area (TPSA) is 101 Å². The van der Waals surface area contributed by atoms with E-state index in [0.717, 1.165) is 0 Å². The zero-order valence-electron chi connectivity index (χ0n) is 11.0. The highest BCUT2D eigenvalue weighted by atomic mass is 16.3. The third-order valence-electron chi connectivity index (χ3n) is 3.08. The van der Waals surface area contributed by atoms with Gasteiger partial charge in [-0.05, 0) is 36.2 Å². The fourth-order valence-corrected chi connectivity index (χ4v) is 2.08. The molecule has 2 heterocycles. The summed E-state index contributed by atoms with van der Waals surface area (Å²) in [5, 5.41) is 27.6. The molecular weight excluding hydrogens is 272 g/mol. The summed E-state index contributed by atoms with van der Waals surface area (Å²) in [5.74, 6) is -0.202. The summed E-state index contributed by atoms with van der Waals surface area (Å²) >= 11 is 0. The monoisotopic (exact) mass is 284 g/mol. The Morgan fingerprint density at radius 3 is 2.86 bits per heavy atom. The standard InChI is InChI=1S/C14H12N4O3/c19-5-3-9-6-10(8-20)13(21)12(7-9)18-16-11-2-1-4-15-14(11)17-18/h1-2,4,6-8,19,21H,3,5H2. The van der Waals surface area contributed by atoms with Crippen molar-refractivity contribution in [2.45, 2.75) is 6.42 Å². The van der Waals surface area contributed by atoms with Crippen LogP contribution in [0, 0.1) is 0 Å². The van der Waals surface area contributed by atoms with E-state index in [-0.39, 0.29) is 23.6 Å². The summed E-state index contributed by atoms with van der Waals surface area (Å²) in [6, 6.07) is 6.66. The Bertz CT molecular complexity index is 780. The maximum atomic E-state index is 11.1. The number of pyridine rings is 1. The molecule has 21 heavy (non-hydrogen) atoms. The molecule has 2 N–H and O–H groups in total. The predicted octanol–water partition coefficient (Wildman–Crippen LogP) is 0.868. The lowest BCUT2D eigenvalue weighted by Gasteiger charge is -2.08. The summed E-state index contributed by atoms with van der Waals surface area (Å²) in [4.78, 5) is 16.4. The van der Waals surface area contributed by atoms with Crippen LogP contribution in [0.25, 0.3) is 16.9 Å². The number of hydrogen-bond acceptors (Lipinski definition) is 6. The molecule has 0 saturated carbocycles. The molecule has 0 radical (unpaired) electrons. The molecule has 3 aromatic rings. The first-order valence-electron chi connectivity index (χ1n) is 6.33. The molecule has 3 rings (SSSR count). The van der Waals surface area contributed by atoms with E-state index in [1.54, 1.807) is 24.4 Å². The fraction of sp³-hybridized carbons (Fsp3) is 0.143. The quantitative estimate of drug-likeness (QED) is 0.689. The van der Waals surface area contributed by atoms with Crippen molar-refractivity contribution in [1.82, 2.24) is 20.0 Å². The van der Waals surface area contributed by atoms with Gasteiger partial charge < -0.3 is 10.2 Å². The van der Waals surface area contributed by atoms with E-state index in [9.17, 15) is 9.90 Å². The van der Waals surface area contributed by atoms with Crippen molar-refractivity contribution in [3.05, 3.63) is 41.6 Å². The number of aliphatic hydroxyl groups is 1. The molecule has 0 aliphatic heterocycles. The normalized spacial score (nSPS) is 10.9. The summed E-state index contributed by atoms with van der Waals surface area (Å²) in [5.41, 5.74) is 2.14. The molecule has 7 heteroatoms. The Kier molecular flexibility index (Phi) is 3.33. The Hall–Kier alpha value is -2.80. The van der Waals surface area contributed by atoms with Gasteiger partial charge in [0, 0.05) is 12.8 Å². The van der Waals surface area contributed by atoms with Crippen molar-refractivity contribution >= 4 is 17.5 Å². The van der Waals surface area contributed by atoms with Gasteiger partial charge in [-0.25, -0.2) is 4.98 Å². The highest BCUT2D eigenvalue weighted by molar-refractivity contribution is 5.82. The van der Waals surface area contributed by atoms with Gasteiger partial charge in [0.2, 0.25) is 5.65 Å². The van der Waals surface area contributed by atoms with E-state index < -0.39 is 0 Å². The number of carbonyl (C=O) groups is 1. The number of rotatable bonds is 4. The number of hydrogen-bond donors (Lipinski definition) is 2. The lowest BCUT2D eigenvalue weighted by molar-refractivity contribution is 0.112. The van der Waals surface area contributed by atoms with Gasteiger partial charge in [0.05, 0.1) is 5.56 Å². The van der Waals surface area contributed by atoms with Crippen LogP contribution >= 0.6 is 0 Å². The molecule has 0 spiro atoms. The van der Waals surface area contributed by atoms with E-state index in [4.69, 9.17) is 5.11 Å². The van der Waals surface area contributed by atoms with Gasteiger partial charge in [0.15, 0.2) is 12.0 Å². The lowest BCUT2D eigenvalue weighted by Crippen LogP contribution is -2.03. The number of aromatic hydroxyl groups is 1. The Morgan fingerprint density at radius 2 is 2.14 bits per heavy atom. The van der Waals surface area contributed by atoms with Crippen LogP contribution in [-0.4, -0.2) is 43.1 Å². The van der Waals surface area contributed by atoms with Crippen LogP contribution in [0.4, 0.5) is 0 Å². The molecule has 7 nitrogen and oxygen atoms in total. The molecule has 0 fully saturated rings. The minimum Gasteiger partial charge on any atom is -0.505 e. The Morgan fingerprint density at radius 1 is 1.29 bits per heavy atom. The molecule has 0 saturated heterocycles. The van der Waals surface area contributed by atoms with Crippen molar-refractivity contribution < 1.29 is 15.0 Å². The highest BCUT2D eigenvalue weighted by Crippen LogP contribution is 2.27. The third-order valence-corrected chi connectivity index (χ3v) is 3.08. The van der Waals surface area contributed by atoms with Gasteiger partial charge in [0.25, 0.3) is 0 Å². The van der Waals surface area contributed by atoms with E-state index in [1.807, 2.05) is 0 Å². The number of nitrogens with zero attached hydrogens (tertiary/aromatic N) is 4. The van der Waals surface area contributed by atoms with Gasteiger partial charge in [0.1, 0.15) is 11.2 Å². The first kappa shape index (κ1) is 13.2. The number of fused-ring (bicyclic) bond motifs is 1.